The highest BCUT2D eigenvalue weighted by Gasteiger charge is 2.38. The van der Waals surface area contributed by atoms with Crippen molar-refractivity contribution in [2.24, 2.45) is 0 Å². The maximum absolute atomic E-state index is 10.1. The van der Waals surface area contributed by atoms with Crippen molar-refractivity contribution in [2.75, 3.05) is 19.8 Å². The van der Waals surface area contributed by atoms with Crippen molar-refractivity contribution in [2.45, 2.75) is 109 Å². The Hall–Kier alpha value is -2.46. The van der Waals surface area contributed by atoms with Gasteiger partial charge in [-0.05, 0) is 23.1 Å². The summed E-state index contributed by atoms with van der Waals surface area (Å²) in [6.07, 6.45) is 18.4. The summed E-state index contributed by atoms with van der Waals surface area (Å²) in [5, 5.41) is 10.1. The van der Waals surface area contributed by atoms with Gasteiger partial charge in [-0.15, -0.1) is 0 Å². The van der Waals surface area contributed by atoms with Gasteiger partial charge in [0.25, 0.3) is 0 Å². The number of aliphatic hydroxyl groups excluding tert-OH is 1. The van der Waals surface area contributed by atoms with Crippen LogP contribution in [-0.2, 0) is 15.1 Å². The molecule has 0 fully saturated rings. The number of aliphatic hydroxyl groups is 1. The van der Waals surface area contributed by atoms with E-state index in [2.05, 4.69) is 79.7 Å². The van der Waals surface area contributed by atoms with Crippen LogP contribution in [0.15, 0.2) is 91.0 Å². The third kappa shape index (κ3) is 11.4. The smallest absolute Gasteiger partial charge is 0.143 e. The van der Waals surface area contributed by atoms with Crippen molar-refractivity contribution in [3.8, 4) is 0 Å². The largest absolute Gasteiger partial charge is 0.394 e. The van der Waals surface area contributed by atoms with Crippen molar-refractivity contribution in [3.63, 3.8) is 0 Å². The molecular weight excluding hydrogens is 504 g/mol. The second-order valence-electron chi connectivity index (χ2n) is 11.4. The number of hydrogen-bond donors (Lipinski definition) is 1. The predicted molar refractivity (Wildman–Crippen MR) is 172 cm³/mol. The third-order valence-electron chi connectivity index (χ3n) is 8.08. The van der Waals surface area contributed by atoms with Gasteiger partial charge in [-0.1, -0.05) is 181 Å². The van der Waals surface area contributed by atoms with E-state index in [9.17, 15) is 5.11 Å². The van der Waals surface area contributed by atoms with Gasteiger partial charge in [0.15, 0.2) is 0 Å². The Morgan fingerprint density at radius 3 is 1.27 bits per heavy atom. The number of unbranched alkanes of at least 4 members (excludes halogenated alkanes) is 13. The van der Waals surface area contributed by atoms with Gasteiger partial charge in [0.1, 0.15) is 11.7 Å². The summed E-state index contributed by atoms with van der Waals surface area (Å²) in [5.41, 5.74) is 2.37. The van der Waals surface area contributed by atoms with Crippen LogP contribution in [0.4, 0.5) is 0 Å². The average Bonchev–Trinajstić information content (AvgIpc) is 3.03. The normalized spacial score (nSPS) is 12.4. The minimum Gasteiger partial charge on any atom is -0.394 e. The van der Waals surface area contributed by atoms with Crippen molar-refractivity contribution in [3.05, 3.63) is 108 Å². The second-order valence-corrected chi connectivity index (χ2v) is 11.4. The molecular formula is C38H54O3. The van der Waals surface area contributed by atoms with E-state index < -0.39 is 5.60 Å². The summed E-state index contributed by atoms with van der Waals surface area (Å²) in [7, 11) is 0. The Kier molecular flexibility index (Phi) is 16.5. The Bertz CT molecular complexity index is 909. The number of rotatable bonds is 23. The molecule has 3 aromatic rings. The average molecular weight is 559 g/mol. The lowest BCUT2D eigenvalue weighted by Gasteiger charge is -2.37. The van der Waals surface area contributed by atoms with Gasteiger partial charge in [0, 0.05) is 6.61 Å². The first-order valence-corrected chi connectivity index (χ1v) is 16.3. The molecule has 3 aromatic carbocycles. The van der Waals surface area contributed by atoms with Crippen LogP contribution in [0.2, 0.25) is 0 Å². The molecule has 1 unspecified atom stereocenters. The van der Waals surface area contributed by atoms with Crippen LogP contribution in [0.3, 0.4) is 0 Å². The van der Waals surface area contributed by atoms with E-state index >= 15 is 0 Å². The molecule has 0 heterocycles. The van der Waals surface area contributed by atoms with Gasteiger partial charge in [-0.25, -0.2) is 0 Å². The molecule has 0 aromatic heterocycles. The number of hydrogen-bond acceptors (Lipinski definition) is 3. The maximum atomic E-state index is 10.1. The summed E-state index contributed by atoms with van der Waals surface area (Å²) >= 11 is 0. The van der Waals surface area contributed by atoms with Crippen molar-refractivity contribution in [1.29, 1.82) is 0 Å². The first-order chi connectivity index (χ1) is 20.3. The Morgan fingerprint density at radius 2 is 0.902 bits per heavy atom. The van der Waals surface area contributed by atoms with Gasteiger partial charge in [0.2, 0.25) is 0 Å². The lowest BCUT2D eigenvalue weighted by Crippen LogP contribution is -2.37. The van der Waals surface area contributed by atoms with Crippen LogP contribution in [-0.4, -0.2) is 31.0 Å². The van der Waals surface area contributed by atoms with Crippen LogP contribution >= 0.6 is 0 Å². The van der Waals surface area contributed by atoms with E-state index in [-0.39, 0.29) is 12.7 Å². The Balaban J connectivity index is 1.43. The molecule has 3 heteroatoms. The van der Waals surface area contributed by atoms with Gasteiger partial charge in [-0.2, -0.15) is 0 Å². The van der Waals surface area contributed by atoms with Gasteiger partial charge in [0.05, 0.1) is 13.2 Å². The van der Waals surface area contributed by atoms with Crippen molar-refractivity contribution >= 4 is 0 Å². The van der Waals surface area contributed by atoms with E-state index in [1.54, 1.807) is 0 Å². The summed E-state index contributed by atoms with van der Waals surface area (Å²) < 4.78 is 13.0. The molecule has 0 saturated carbocycles. The van der Waals surface area contributed by atoms with Gasteiger partial charge < -0.3 is 14.6 Å². The van der Waals surface area contributed by atoms with Crippen LogP contribution in [0.25, 0.3) is 0 Å². The molecule has 0 radical (unpaired) electrons. The SMILES string of the molecule is CCCCCCCCCCCCCCCCOC(CO)COC(c1ccccc1)(c1ccccc1)c1ccccc1. The maximum Gasteiger partial charge on any atom is 0.143 e. The Morgan fingerprint density at radius 1 is 0.537 bits per heavy atom. The molecule has 0 amide bonds. The molecule has 0 spiro atoms. The first-order valence-electron chi connectivity index (χ1n) is 16.3. The molecule has 224 valence electrons. The summed E-state index contributed by atoms with van der Waals surface area (Å²) in [4.78, 5) is 0. The van der Waals surface area contributed by atoms with E-state index in [4.69, 9.17) is 9.47 Å². The first kappa shape index (κ1) is 33.0. The monoisotopic (exact) mass is 558 g/mol. The van der Waals surface area contributed by atoms with Crippen molar-refractivity contribution in [1.82, 2.24) is 0 Å². The van der Waals surface area contributed by atoms with Crippen molar-refractivity contribution < 1.29 is 14.6 Å². The third-order valence-corrected chi connectivity index (χ3v) is 8.08. The minimum atomic E-state index is -0.796. The summed E-state index contributed by atoms with van der Waals surface area (Å²) in [5.74, 6) is 0. The van der Waals surface area contributed by atoms with E-state index in [1.165, 1.54) is 83.5 Å². The van der Waals surface area contributed by atoms with E-state index in [0.717, 1.165) is 23.1 Å². The minimum absolute atomic E-state index is 0.0624. The fourth-order valence-electron chi connectivity index (χ4n) is 5.69. The fourth-order valence-corrected chi connectivity index (χ4v) is 5.69. The lowest BCUT2D eigenvalue weighted by molar-refractivity contribution is -0.0813. The quantitative estimate of drug-likeness (QED) is 0.0930. The number of ether oxygens (including phenoxy) is 2. The lowest BCUT2D eigenvalue weighted by atomic mass is 9.80. The van der Waals surface area contributed by atoms with E-state index in [1.807, 2.05) is 18.2 Å². The highest BCUT2D eigenvalue weighted by Crippen LogP contribution is 2.40. The van der Waals surface area contributed by atoms with Crippen LogP contribution in [0, 0.1) is 0 Å². The highest BCUT2D eigenvalue weighted by atomic mass is 16.5. The highest BCUT2D eigenvalue weighted by molar-refractivity contribution is 5.47. The number of benzene rings is 3. The van der Waals surface area contributed by atoms with Crippen LogP contribution in [0.5, 0.6) is 0 Å². The molecule has 0 aliphatic heterocycles. The van der Waals surface area contributed by atoms with Gasteiger partial charge in [-0.3, -0.25) is 0 Å². The molecule has 3 rings (SSSR count). The standard InChI is InChI=1S/C38H54O3/c1-2-3-4-5-6-7-8-9-10-11-12-13-14-24-31-40-37(32-39)33-41-38(34-25-18-15-19-26-34,35-27-20-16-21-28-35)36-29-22-17-23-30-36/h15-23,25-30,37,39H,2-14,24,31-33H2,1H3. The summed E-state index contributed by atoms with van der Waals surface area (Å²) in [6, 6.07) is 31.1. The zero-order chi connectivity index (χ0) is 28.9. The zero-order valence-electron chi connectivity index (χ0n) is 25.5. The molecule has 0 bridgehead atoms. The fraction of sp³-hybridized carbons (Fsp3) is 0.526. The summed E-state index contributed by atoms with van der Waals surface area (Å²) in [6.45, 7) is 3.17. The Labute approximate surface area is 250 Å². The molecule has 1 N–H and O–H groups in total. The van der Waals surface area contributed by atoms with Crippen LogP contribution in [0.1, 0.15) is 114 Å². The molecule has 0 aliphatic rings. The molecule has 0 saturated heterocycles. The molecule has 0 aliphatic carbocycles. The zero-order valence-corrected chi connectivity index (χ0v) is 25.5. The topological polar surface area (TPSA) is 38.7 Å². The molecule has 3 nitrogen and oxygen atoms in total. The van der Waals surface area contributed by atoms with Gasteiger partial charge >= 0.3 is 0 Å². The van der Waals surface area contributed by atoms with E-state index in [0.29, 0.717) is 13.2 Å². The second kappa shape index (κ2) is 20.4. The predicted octanol–water partition coefficient (Wildman–Crippen LogP) is 9.85. The molecule has 41 heavy (non-hydrogen) atoms. The molecule has 1 atom stereocenters. The van der Waals surface area contributed by atoms with Crippen LogP contribution < -0.4 is 0 Å².